The Kier molecular flexibility index (Phi) is 7.07. The van der Waals surface area contributed by atoms with Crippen molar-refractivity contribution in [2.45, 2.75) is 58.8 Å². The molecule has 0 unspecified atom stereocenters. The molecule has 0 fully saturated rings. The van der Waals surface area contributed by atoms with Crippen LogP contribution < -0.4 is 11.5 Å². The highest BCUT2D eigenvalue weighted by molar-refractivity contribution is 5.87. The van der Waals surface area contributed by atoms with E-state index in [1.54, 1.807) is 0 Å². The third-order valence-electron chi connectivity index (χ3n) is 8.24. The van der Waals surface area contributed by atoms with E-state index in [2.05, 4.69) is 88.4 Å². The van der Waals surface area contributed by atoms with Crippen molar-refractivity contribution in [3.63, 3.8) is 0 Å². The molecule has 0 saturated heterocycles. The molecule has 0 spiro atoms. The van der Waals surface area contributed by atoms with Gasteiger partial charge in [0, 0.05) is 0 Å². The molecule has 0 aromatic heterocycles. The summed E-state index contributed by atoms with van der Waals surface area (Å²) in [4.78, 5) is 0. The van der Waals surface area contributed by atoms with Crippen LogP contribution in [0.25, 0.3) is 11.1 Å². The topological polar surface area (TPSA) is 92.5 Å². The molecule has 0 amide bonds. The molecule has 0 bridgehead atoms. The van der Waals surface area contributed by atoms with Gasteiger partial charge in [-0.2, -0.15) is 0 Å². The first-order chi connectivity index (χ1) is 18.6. The maximum Gasteiger partial charge on any atom is 0.141 e. The second kappa shape index (κ2) is 10.3. The molecule has 6 N–H and O–H groups in total. The fourth-order valence-electron chi connectivity index (χ4n) is 6.16. The summed E-state index contributed by atoms with van der Waals surface area (Å²) < 4.78 is 0. The number of nitrogens with two attached hydrogens (primary N) is 2. The molecule has 0 heterocycles. The summed E-state index contributed by atoms with van der Waals surface area (Å²) in [5, 5.41) is 22.0. The first kappa shape index (κ1) is 26.7. The summed E-state index contributed by atoms with van der Waals surface area (Å²) >= 11 is 0. The molecule has 1 aliphatic carbocycles. The zero-order valence-electron chi connectivity index (χ0n) is 23.5. The Morgan fingerprint density at radius 1 is 0.615 bits per heavy atom. The number of fused-ring (bicyclic) bond motifs is 3. The van der Waals surface area contributed by atoms with E-state index < -0.39 is 5.41 Å². The van der Waals surface area contributed by atoms with E-state index in [-0.39, 0.29) is 11.5 Å². The van der Waals surface area contributed by atoms with Gasteiger partial charge in [0.2, 0.25) is 0 Å². The minimum atomic E-state index is -0.712. The fourth-order valence-corrected chi connectivity index (χ4v) is 6.16. The number of hydrogen-bond acceptors (Lipinski definition) is 4. The van der Waals surface area contributed by atoms with E-state index in [1.807, 2.05) is 12.1 Å². The first-order valence-corrected chi connectivity index (χ1v) is 14.1. The van der Waals surface area contributed by atoms with Gasteiger partial charge in [0.05, 0.1) is 16.8 Å². The summed E-state index contributed by atoms with van der Waals surface area (Å²) in [6, 6.07) is 25.1. The molecule has 4 aromatic rings. The molecule has 4 heteroatoms. The number of hydrogen-bond donors (Lipinski definition) is 4. The minimum Gasteiger partial charge on any atom is -0.506 e. The van der Waals surface area contributed by atoms with E-state index in [9.17, 15) is 10.2 Å². The molecule has 0 aliphatic heterocycles. The minimum absolute atomic E-state index is 0.164. The van der Waals surface area contributed by atoms with Crippen LogP contribution in [0.15, 0.2) is 72.8 Å². The number of phenols is 2. The molecule has 202 valence electrons. The Balaban J connectivity index is 1.86. The quantitative estimate of drug-likeness (QED) is 0.124. The van der Waals surface area contributed by atoms with Crippen molar-refractivity contribution in [2.75, 3.05) is 11.5 Å². The molecule has 1 aliphatic rings. The average Bonchev–Trinajstić information content (AvgIpc) is 3.21. The van der Waals surface area contributed by atoms with Crippen molar-refractivity contribution in [1.82, 2.24) is 0 Å². The summed E-state index contributed by atoms with van der Waals surface area (Å²) in [5.41, 5.74) is 21.4. The predicted molar refractivity (Wildman–Crippen MR) is 162 cm³/mol. The van der Waals surface area contributed by atoms with Gasteiger partial charge in [0.15, 0.2) is 0 Å². The smallest absolute Gasteiger partial charge is 0.141 e. The molecule has 4 nitrogen and oxygen atoms in total. The van der Waals surface area contributed by atoms with Gasteiger partial charge in [-0.05, 0) is 94.2 Å². The fraction of sp³-hybridized carbons (Fsp3) is 0.314. The van der Waals surface area contributed by atoms with Crippen molar-refractivity contribution < 1.29 is 10.2 Å². The van der Waals surface area contributed by atoms with Gasteiger partial charge in [0.1, 0.15) is 11.5 Å². The maximum atomic E-state index is 11.0. The van der Waals surface area contributed by atoms with E-state index in [0.29, 0.717) is 23.2 Å². The summed E-state index contributed by atoms with van der Waals surface area (Å²) in [7, 11) is 0. The Hall–Kier alpha value is -3.92. The number of rotatable bonds is 8. The van der Waals surface area contributed by atoms with Crippen LogP contribution in [0.1, 0.15) is 73.9 Å². The Morgan fingerprint density at radius 2 is 1.00 bits per heavy atom. The number of phenolic OH excluding ortho intramolecular Hbond substituents is 2. The van der Waals surface area contributed by atoms with Crippen LogP contribution in [0.3, 0.4) is 0 Å². The van der Waals surface area contributed by atoms with Crippen LogP contribution >= 0.6 is 0 Å². The average molecular weight is 521 g/mol. The van der Waals surface area contributed by atoms with Gasteiger partial charge in [-0.15, -0.1) is 0 Å². The standard InChI is InChI=1S/C35H40N2O2/c1-21(2)13-15-23-17-25(19-31(36)33(23)38)35(26-18-24(16-14-22(3)4)34(39)32(37)20-26)29-11-7-5-9-27(29)28-10-6-8-12-30(28)35/h5-12,17-22,38-39H,13-16,36-37H2,1-4H3. The monoisotopic (exact) mass is 520 g/mol. The van der Waals surface area contributed by atoms with Crippen LogP contribution in [-0.2, 0) is 18.3 Å². The van der Waals surface area contributed by atoms with E-state index >= 15 is 0 Å². The van der Waals surface area contributed by atoms with Crippen molar-refractivity contribution in [3.8, 4) is 22.6 Å². The van der Waals surface area contributed by atoms with Crippen LogP contribution in [0.5, 0.6) is 11.5 Å². The van der Waals surface area contributed by atoms with Gasteiger partial charge < -0.3 is 21.7 Å². The number of anilines is 2. The summed E-state index contributed by atoms with van der Waals surface area (Å²) in [6.07, 6.45) is 3.36. The second-order valence-corrected chi connectivity index (χ2v) is 11.9. The number of aromatic hydroxyl groups is 2. The lowest BCUT2D eigenvalue weighted by Gasteiger charge is -2.35. The van der Waals surface area contributed by atoms with Crippen molar-refractivity contribution >= 4 is 11.4 Å². The molecule has 39 heavy (non-hydrogen) atoms. The third kappa shape index (κ3) is 4.52. The van der Waals surface area contributed by atoms with Crippen LogP contribution in [0, 0.1) is 11.8 Å². The highest BCUT2D eigenvalue weighted by Crippen LogP contribution is 2.57. The van der Waals surface area contributed by atoms with Crippen LogP contribution in [0.2, 0.25) is 0 Å². The molecular formula is C35H40N2O2. The maximum absolute atomic E-state index is 11.0. The van der Waals surface area contributed by atoms with Gasteiger partial charge in [-0.25, -0.2) is 0 Å². The van der Waals surface area contributed by atoms with Crippen molar-refractivity contribution in [3.05, 3.63) is 106 Å². The van der Waals surface area contributed by atoms with E-state index in [4.69, 9.17) is 11.5 Å². The largest absolute Gasteiger partial charge is 0.506 e. The van der Waals surface area contributed by atoms with E-state index in [1.165, 1.54) is 11.1 Å². The highest BCUT2D eigenvalue weighted by Gasteiger charge is 2.46. The SMILES string of the molecule is CC(C)CCc1cc(C2(c3cc(N)c(O)c(CCC(C)C)c3)c3ccccc3-c3ccccc32)cc(N)c1O. The van der Waals surface area contributed by atoms with Gasteiger partial charge in [-0.1, -0.05) is 88.4 Å². The Bertz CT molecular complexity index is 1400. The first-order valence-electron chi connectivity index (χ1n) is 14.1. The molecule has 5 rings (SSSR count). The van der Waals surface area contributed by atoms with Gasteiger partial charge >= 0.3 is 0 Å². The second-order valence-electron chi connectivity index (χ2n) is 11.9. The van der Waals surface area contributed by atoms with Gasteiger partial charge in [0.25, 0.3) is 0 Å². The third-order valence-corrected chi connectivity index (χ3v) is 8.24. The van der Waals surface area contributed by atoms with Crippen molar-refractivity contribution in [2.24, 2.45) is 11.8 Å². The Morgan fingerprint density at radius 3 is 1.38 bits per heavy atom. The zero-order valence-corrected chi connectivity index (χ0v) is 23.5. The lowest BCUT2D eigenvalue weighted by atomic mass is 9.66. The summed E-state index contributed by atoms with van der Waals surface area (Å²) in [6.45, 7) is 8.75. The Labute approximate surface area is 232 Å². The number of nitrogen functional groups attached to an aromatic ring is 2. The lowest BCUT2D eigenvalue weighted by molar-refractivity contribution is 0.465. The molecule has 4 aromatic carbocycles. The van der Waals surface area contributed by atoms with Gasteiger partial charge in [-0.3, -0.25) is 0 Å². The summed E-state index contributed by atoms with van der Waals surface area (Å²) in [5.74, 6) is 1.32. The molecular weight excluding hydrogens is 480 g/mol. The van der Waals surface area contributed by atoms with Crippen LogP contribution in [-0.4, -0.2) is 10.2 Å². The van der Waals surface area contributed by atoms with Crippen LogP contribution in [0.4, 0.5) is 11.4 Å². The van der Waals surface area contributed by atoms with Crippen molar-refractivity contribution in [1.29, 1.82) is 0 Å². The number of benzene rings is 4. The molecule has 0 radical (unpaired) electrons. The number of aryl methyl sites for hydroxylation is 2. The zero-order chi connectivity index (χ0) is 27.9. The predicted octanol–water partition coefficient (Wildman–Crippen LogP) is 7.80. The van der Waals surface area contributed by atoms with E-state index in [0.717, 1.165) is 59.1 Å². The normalized spacial score (nSPS) is 13.6. The highest BCUT2D eigenvalue weighted by atomic mass is 16.3. The molecule has 0 saturated carbocycles. The lowest BCUT2D eigenvalue weighted by Crippen LogP contribution is -2.29. The molecule has 0 atom stereocenters.